The maximum Gasteiger partial charge on any atom is 0.123 e. The van der Waals surface area contributed by atoms with Gasteiger partial charge in [0.15, 0.2) is 0 Å². The van der Waals surface area contributed by atoms with Crippen molar-refractivity contribution in [2.45, 2.75) is 31.8 Å². The smallest absolute Gasteiger partial charge is 0.123 e. The molecule has 0 heterocycles. The number of aryl methyl sites for hydroxylation is 1. The van der Waals surface area contributed by atoms with Gasteiger partial charge in [0, 0.05) is 12.6 Å². The number of benzene rings is 2. The molecule has 1 aliphatic rings. The van der Waals surface area contributed by atoms with Crippen molar-refractivity contribution in [3.05, 3.63) is 65.0 Å². The van der Waals surface area contributed by atoms with Crippen LogP contribution in [0, 0.1) is 5.82 Å². The van der Waals surface area contributed by atoms with Crippen LogP contribution in [0.4, 0.5) is 4.39 Å². The van der Waals surface area contributed by atoms with E-state index in [4.69, 9.17) is 4.74 Å². The number of hydrogen-bond donors (Lipinski definition) is 1. The van der Waals surface area contributed by atoms with Gasteiger partial charge in [-0.2, -0.15) is 0 Å². The van der Waals surface area contributed by atoms with Crippen molar-refractivity contribution in [3.8, 4) is 5.75 Å². The molecule has 3 rings (SSSR count). The van der Waals surface area contributed by atoms with Crippen molar-refractivity contribution in [3.63, 3.8) is 0 Å². The Hall–Kier alpha value is -1.87. The minimum absolute atomic E-state index is 0.186. The van der Waals surface area contributed by atoms with Gasteiger partial charge in [-0.25, -0.2) is 4.39 Å². The molecule has 0 spiro atoms. The fourth-order valence-corrected chi connectivity index (χ4v) is 2.97. The van der Waals surface area contributed by atoms with Gasteiger partial charge in [-0.15, -0.1) is 0 Å². The van der Waals surface area contributed by atoms with E-state index >= 15 is 0 Å². The Morgan fingerprint density at radius 1 is 1.19 bits per heavy atom. The Labute approximate surface area is 125 Å². The Balaban J connectivity index is 1.71. The molecule has 0 bridgehead atoms. The van der Waals surface area contributed by atoms with Crippen LogP contribution in [0.3, 0.4) is 0 Å². The van der Waals surface area contributed by atoms with Gasteiger partial charge >= 0.3 is 0 Å². The standard InChI is InChI=1S/C18H20FNO/c1-21-16-9-10-17-14(11-16)3-2-4-18(17)20-12-13-5-7-15(19)8-6-13/h5-11,18,20H,2-4,12H2,1H3. The van der Waals surface area contributed by atoms with Crippen LogP contribution in [0.15, 0.2) is 42.5 Å². The predicted octanol–water partition coefficient (Wildman–Crippen LogP) is 4.00. The van der Waals surface area contributed by atoms with Crippen LogP contribution < -0.4 is 10.1 Å². The SMILES string of the molecule is COc1ccc2c(c1)CCCC2NCc1ccc(F)cc1. The summed E-state index contributed by atoms with van der Waals surface area (Å²) in [5.74, 6) is 0.738. The summed E-state index contributed by atoms with van der Waals surface area (Å²) in [6, 6.07) is 13.4. The van der Waals surface area contributed by atoms with Gasteiger partial charge in [-0.3, -0.25) is 0 Å². The average molecular weight is 285 g/mol. The molecule has 0 amide bonds. The number of fused-ring (bicyclic) bond motifs is 1. The minimum atomic E-state index is -0.186. The van der Waals surface area contributed by atoms with E-state index < -0.39 is 0 Å². The van der Waals surface area contributed by atoms with Gasteiger partial charge in [0.2, 0.25) is 0 Å². The fraction of sp³-hybridized carbons (Fsp3) is 0.333. The first-order chi connectivity index (χ1) is 10.3. The summed E-state index contributed by atoms with van der Waals surface area (Å²) in [7, 11) is 1.70. The molecule has 1 atom stereocenters. The summed E-state index contributed by atoms with van der Waals surface area (Å²) in [6.45, 7) is 0.760. The molecule has 0 saturated carbocycles. The van der Waals surface area contributed by atoms with Crippen LogP contribution in [0.1, 0.15) is 35.6 Å². The molecule has 1 aliphatic carbocycles. The zero-order valence-corrected chi connectivity index (χ0v) is 12.2. The summed E-state index contributed by atoms with van der Waals surface area (Å²) in [6.07, 6.45) is 3.43. The first-order valence-corrected chi connectivity index (χ1v) is 7.41. The van der Waals surface area contributed by atoms with Crippen molar-refractivity contribution in [2.75, 3.05) is 7.11 Å². The number of ether oxygens (including phenoxy) is 1. The quantitative estimate of drug-likeness (QED) is 0.916. The maximum atomic E-state index is 12.9. The van der Waals surface area contributed by atoms with Crippen LogP contribution in [-0.4, -0.2) is 7.11 Å². The van der Waals surface area contributed by atoms with Crippen molar-refractivity contribution in [1.82, 2.24) is 5.32 Å². The van der Waals surface area contributed by atoms with Crippen LogP contribution >= 0.6 is 0 Å². The lowest BCUT2D eigenvalue weighted by molar-refractivity contribution is 0.410. The van der Waals surface area contributed by atoms with Gasteiger partial charge < -0.3 is 10.1 Å². The third kappa shape index (κ3) is 3.24. The second kappa shape index (κ2) is 6.27. The third-order valence-electron chi connectivity index (χ3n) is 4.13. The number of methoxy groups -OCH3 is 1. The van der Waals surface area contributed by atoms with Gasteiger partial charge in [-0.05, 0) is 60.2 Å². The normalized spacial score (nSPS) is 17.3. The highest BCUT2D eigenvalue weighted by atomic mass is 19.1. The van der Waals surface area contributed by atoms with E-state index in [-0.39, 0.29) is 5.82 Å². The second-order valence-corrected chi connectivity index (χ2v) is 5.52. The number of rotatable bonds is 4. The van der Waals surface area contributed by atoms with Crippen LogP contribution in [-0.2, 0) is 13.0 Å². The third-order valence-corrected chi connectivity index (χ3v) is 4.13. The van der Waals surface area contributed by atoms with E-state index in [0.717, 1.165) is 30.7 Å². The van der Waals surface area contributed by atoms with Crippen molar-refractivity contribution in [1.29, 1.82) is 0 Å². The molecule has 3 heteroatoms. The van der Waals surface area contributed by atoms with E-state index in [1.54, 1.807) is 7.11 Å². The average Bonchev–Trinajstić information content (AvgIpc) is 2.53. The molecule has 2 nitrogen and oxygen atoms in total. The van der Waals surface area contributed by atoms with Crippen LogP contribution in [0.2, 0.25) is 0 Å². The van der Waals surface area contributed by atoms with Gasteiger partial charge in [0.05, 0.1) is 7.11 Å². The predicted molar refractivity (Wildman–Crippen MR) is 81.9 cm³/mol. The highest BCUT2D eigenvalue weighted by molar-refractivity contribution is 5.39. The largest absolute Gasteiger partial charge is 0.497 e. The van der Waals surface area contributed by atoms with Crippen molar-refractivity contribution >= 4 is 0 Å². The minimum Gasteiger partial charge on any atom is -0.497 e. The first-order valence-electron chi connectivity index (χ1n) is 7.41. The van der Waals surface area contributed by atoms with Crippen LogP contribution in [0.5, 0.6) is 5.75 Å². The van der Waals surface area contributed by atoms with Gasteiger partial charge in [0.1, 0.15) is 11.6 Å². The van der Waals surface area contributed by atoms with E-state index in [1.807, 2.05) is 18.2 Å². The summed E-state index contributed by atoms with van der Waals surface area (Å²) in [5.41, 5.74) is 3.85. The molecule has 21 heavy (non-hydrogen) atoms. The molecule has 2 aromatic carbocycles. The Bertz CT molecular complexity index is 609. The molecular weight excluding hydrogens is 265 g/mol. The monoisotopic (exact) mass is 285 g/mol. The van der Waals surface area contributed by atoms with E-state index in [9.17, 15) is 4.39 Å². The second-order valence-electron chi connectivity index (χ2n) is 5.52. The summed E-state index contributed by atoms with van der Waals surface area (Å²) in [4.78, 5) is 0. The van der Waals surface area contributed by atoms with Gasteiger partial charge in [0.25, 0.3) is 0 Å². The summed E-state index contributed by atoms with van der Waals surface area (Å²) in [5, 5.41) is 3.59. The topological polar surface area (TPSA) is 21.3 Å². The fourth-order valence-electron chi connectivity index (χ4n) is 2.97. The Kier molecular flexibility index (Phi) is 4.20. The molecule has 0 saturated heterocycles. The molecule has 0 radical (unpaired) electrons. The van der Waals surface area contributed by atoms with Crippen LogP contribution in [0.25, 0.3) is 0 Å². The van der Waals surface area contributed by atoms with E-state index in [1.165, 1.54) is 29.7 Å². The lowest BCUT2D eigenvalue weighted by atomic mass is 9.87. The molecule has 110 valence electrons. The summed E-state index contributed by atoms with van der Waals surface area (Å²) < 4.78 is 18.2. The summed E-state index contributed by atoms with van der Waals surface area (Å²) >= 11 is 0. The number of nitrogens with one attached hydrogen (secondary N) is 1. The molecule has 0 aliphatic heterocycles. The molecule has 1 N–H and O–H groups in total. The van der Waals surface area contributed by atoms with E-state index in [0.29, 0.717) is 6.04 Å². The highest BCUT2D eigenvalue weighted by Gasteiger charge is 2.20. The molecule has 0 aromatic heterocycles. The molecule has 2 aromatic rings. The lowest BCUT2D eigenvalue weighted by Crippen LogP contribution is -2.24. The molecule has 1 unspecified atom stereocenters. The zero-order valence-electron chi connectivity index (χ0n) is 12.2. The number of hydrogen-bond acceptors (Lipinski definition) is 2. The Morgan fingerprint density at radius 3 is 2.76 bits per heavy atom. The zero-order chi connectivity index (χ0) is 14.7. The Morgan fingerprint density at radius 2 is 2.00 bits per heavy atom. The van der Waals surface area contributed by atoms with Crippen molar-refractivity contribution < 1.29 is 9.13 Å². The lowest BCUT2D eigenvalue weighted by Gasteiger charge is -2.27. The van der Waals surface area contributed by atoms with Crippen molar-refractivity contribution in [2.24, 2.45) is 0 Å². The number of halogens is 1. The van der Waals surface area contributed by atoms with Gasteiger partial charge in [-0.1, -0.05) is 18.2 Å². The maximum absolute atomic E-state index is 12.9. The molecular formula is C18H20FNO. The molecule has 0 fully saturated rings. The van der Waals surface area contributed by atoms with E-state index in [2.05, 4.69) is 17.4 Å². The highest BCUT2D eigenvalue weighted by Crippen LogP contribution is 2.32. The first kappa shape index (κ1) is 14.1.